The van der Waals surface area contributed by atoms with Gasteiger partial charge in [-0.15, -0.1) is 11.8 Å². The summed E-state index contributed by atoms with van der Waals surface area (Å²) in [6.45, 7) is 3.98. The average molecular weight is 302 g/mol. The molecule has 16 heavy (non-hydrogen) atoms. The summed E-state index contributed by atoms with van der Waals surface area (Å²) < 4.78 is 1.01. The van der Waals surface area contributed by atoms with Crippen molar-refractivity contribution < 1.29 is 0 Å². The summed E-state index contributed by atoms with van der Waals surface area (Å²) >= 11 is 5.14. The number of hydrogen-bond donors (Lipinski definition) is 2. The molecule has 0 fully saturated rings. The Morgan fingerprint density at radius 2 is 2.31 bits per heavy atom. The summed E-state index contributed by atoms with van der Waals surface area (Å²) in [5.41, 5.74) is 5.30. The SMILES string of the molecule is CC(C)(CCSc1ncccc1Br)C(=N)N. The van der Waals surface area contributed by atoms with Gasteiger partial charge in [-0.05, 0) is 34.5 Å². The van der Waals surface area contributed by atoms with Crippen LogP contribution in [-0.4, -0.2) is 16.6 Å². The van der Waals surface area contributed by atoms with Crippen LogP contribution in [0.5, 0.6) is 0 Å². The van der Waals surface area contributed by atoms with Crippen LogP contribution in [0.3, 0.4) is 0 Å². The third-order valence-corrected chi connectivity index (χ3v) is 4.33. The number of thioether (sulfide) groups is 1. The molecule has 0 saturated carbocycles. The van der Waals surface area contributed by atoms with E-state index >= 15 is 0 Å². The minimum Gasteiger partial charge on any atom is -0.387 e. The lowest BCUT2D eigenvalue weighted by Crippen LogP contribution is -2.31. The number of hydrogen-bond acceptors (Lipinski definition) is 3. The van der Waals surface area contributed by atoms with Gasteiger partial charge in [-0.2, -0.15) is 0 Å². The molecule has 0 aliphatic carbocycles. The topological polar surface area (TPSA) is 62.8 Å². The Balaban J connectivity index is 2.48. The van der Waals surface area contributed by atoms with Crippen LogP contribution in [0.1, 0.15) is 20.3 Å². The second-order valence-corrected chi connectivity index (χ2v) is 6.12. The normalized spacial score (nSPS) is 11.4. The van der Waals surface area contributed by atoms with Crippen molar-refractivity contribution in [2.75, 3.05) is 5.75 Å². The molecule has 0 amide bonds. The van der Waals surface area contributed by atoms with E-state index < -0.39 is 0 Å². The van der Waals surface area contributed by atoms with Gasteiger partial charge in [0.1, 0.15) is 5.03 Å². The van der Waals surface area contributed by atoms with Crippen LogP contribution in [0.2, 0.25) is 0 Å². The van der Waals surface area contributed by atoms with E-state index in [1.165, 1.54) is 0 Å². The number of pyridine rings is 1. The Labute approximate surface area is 109 Å². The maximum Gasteiger partial charge on any atom is 0.110 e. The van der Waals surface area contributed by atoms with E-state index in [0.717, 1.165) is 21.7 Å². The number of nitrogens with zero attached hydrogens (tertiary/aromatic N) is 1. The summed E-state index contributed by atoms with van der Waals surface area (Å²) in [5.74, 6) is 1.15. The molecule has 1 heterocycles. The van der Waals surface area contributed by atoms with Gasteiger partial charge in [-0.1, -0.05) is 13.8 Å². The zero-order chi connectivity index (χ0) is 12.2. The predicted molar refractivity (Wildman–Crippen MR) is 73.0 cm³/mol. The van der Waals surface area contributed by atoms with E-state index in [1.807, 2.05) is 26.0 Å². The first-order chi connectivity index (χ1) is 7.43. The summed E-state index contributed by atoms with van der Waals surface area (Å²) in [5, 5.41) is 8.45. The third kappa shape index (κ3) is 3.79. The van der Waals surface area contributed by atoms with Crippen molar-refractivity contribution in [1.82, 2.24) is 4.98 Å². The fraction of sp³-hybridized carbons (Fsp3) is 0.455. The molecule has 0 atom stereocenters. The molecule has 1 aromatic heterocycles. The number of amidine groups is 1. The minimum atomic E-state index is -0.228. The molecule has 88 valence electrons. The highest BCUT2D eigenvalue weighted by Gasteiger charge is 2.21. The Hall–Kier alpha value is -0.550. The summed E-state index contributed by atoms with van der Waals surface area (Å²) in [7, 11) is 0. The highest BCUT2D eigenvalue weighted by atomic mass is 79.9. The van der Waals surface area contributed by atoms with Crippen molar-refractivity contribution in [3.8, 4) is 0 Å². The monoisotopic (exact) mass is 301 g/mol. The minimum absolute atomic E-state index is 0.228. The van der Waals surface area contributed by atoms with E-state index in [9.17, 15) is 0 Å². The van der Waals surface area contributed by atoms with Crippen molar-refractivity contribution in [2.45, 2.75) is 25.3 Å². The van der Waals surface area contributed by atoms with Gasteiger partial charge in [0.25, 0.3) is 0 Å². The first-order valence-electron chi connectivity index (χ1n) is 5.01. The van der Waals surface area contributed by atoms with Gasteiger partial charge in [-0.25, -0.2) is 4.98 Å². The molecular formula is C11H16BrN3S. The highest BCUT2D eigenvalue weighted by molar-refractivity contribution is 9.10. The first-order valence-corrected chi connectivity index (χ1v) is 6.79. The predicted octanol–water partition coefficient (Wildman–Crippen LogP) is 3.29. The molecule has 3 nitrogen and oxygen atoms in total. The van der Waals surface area contributed by atoms with Crippen LogP contribution in [-0.2, 0) is 0 Å². The molecule has 3 N–H and O–H groups in total. The fourth-order valence-corrected chi connectivity index (χ4v) is 2.76. The number of rotatable bonds is 5. The van der Waals surface area contributed by atoms with Crippen molar-refractivity contribution in [1.29, 1.82) is 5.41 Å². The van der Waals surface area contributed by atoms with Crippen LogP contribution < -0.4 is 5.73 Å². The van der Waals surface area contributed by atoms with Gasteiger partial charge in [-0.3, -0.25) is 5.41 Å². The maximum atomic E-state index is 7.47. The lowest BCUT2D eigenvalue weighted by atomic mass is 9.89. The molecule has 0 aromatic carbocycles. The molecule has 0 radical (unpaired) electrons. The second kappa shape index (κ2) is 5.68. The van der Waals surface area contributed by atoms with Gasteiger partial charge in [0, 0.05) is 21.8 Å². The summed E-state index contributed by atoms with van der Waals surface area (Å²) in [4.78, 5) is 4.27. The van der Waals surface area contributed by atoms with Crippen LogP contribution >= 0.6 is 27.7 Å². The molecule has 5 heteroatoms. The molecule has 0 spiro atoms. The van der Waals surface area contributed by atoms with E-state index in [4.69, 9.17) is 11.1 Å². The Morgan fingerprint density at radius 1 is 1.62 bits per heavy atom. The van der Waals surface area contributed by atoms with Gasteiger partial charge in [0.15, 0.2) is 0 Å². The van der Waals surface area contributed by atoms with Gasteiger partial charge >= 0.3 is 0 Å². The molecule has 0 aliphatic rings. The van der Waals surface area contributed by atoms with Crippen molar-refractivity contribution in [3.63, 3.8) is 0 Å². The smallest absolute Gasteiger partial charge is 0.110 e. The summed E-state index contributed by atoms with van der Waals surface area (Å²) in [6, 6.07) is 3.87. The number of nitrogens with two attached hydrogens (primary N) is 1. The molecule has 1 rings (SSSR count). The van der Waals surface area contributed by atoms with Crippen molar-refractivity contribution in [3.05, 3.63) is 22.8 Å². The Morgan fingerprint density at radius 3 is 2.88 bits per heavy atom. The first kappa shape index (κ1) is 13.5. The van der Waals surface area contributed by atoms with E-state index in [-0.39, 0.29) is 11.3 Å². The van der Waals surface area contributed by atoms with Gasteiger partial charge in [0.2, 0.25) is 0 Å². The molecule has 0 saturated heterocycles. The molecule has 0 unspecified atom stereocenters. The van der Waals surface area contributed by atoms with E-state index in [1.54, 1.807) is 18.0 Å². The van der Waals surface area contributed by atoms with Crippen LogP contribution in [0, 0.1) is 10.8 Å². The zero-order valence-corrected chi connectivity index (χ0v) is 11.9. The lowest BCUT2D eigenvalue weighted by Gasteiger charge is -2.22. The third-order valence-electron chi connectivity index (χ3n) is 2.42. The van der Waals surface area contributed by atoms with Crippen LogP contribution in [0.15, 0.2) is 27.8 Å². The molecule has 1 aromatic rings. The Kier molecular flexibility index (Phi) is 4.80. The Bertz CT molecular complexity index is 379. The van der Waals surface area contributed by atoms with Crippen molar-refractivity contribution >= 4 is 33.5 Å². The molecule has 0 bridgehead atoms. The van der Waals surface area contributed by atoms with E-state index in [2.05, 4.69) is 20.9 Å². The average Bonchev–Trinajstić information content (AvgIpc) is 2.20. The van der Waals surface area contributed by atoms with Crippen molar-refractivity contribution in [2.24, 2.45) is 11.1 Å². The standard InChI is InChI=1S/C11H16BrN3S/c1-11(2,10(13)14)5-7-16-9-8(12)4-3-6-15-9/h3-4,6H,5,7H2,1-2H3,(H3,13,14). The zero-order valence-electron chi connectivity index (χ0n) is 9.46. The lowest BCUT2D eigenvalue weighted by molar-refractivity contribution is 0.500. The molecular weight excluding hydrogens is 286 g/mol. The number of aromatic nitrogens is 1. The van der Waals surface area contributed by atoms with Crippen LogP contribution in [0.25, 0.3) is 0 Å². The number of halogens is 1. The van der Waals surface area contributed by atoms with Gasteiger partial charge in [0.05, 0.1) is 5.84 Å². The molecule has 0 aliphatic heterocycles. The second-order valence-electron chi connectivity index (χ2n) is 4.19. The van der Waals surface area contributed by atoms with Gasteiger partial charge < -0.3 is 5.73 Å². The fourth-order valence-electron chi connectivity index (χ4n) is 1.01. The largest absolute Gasteiger partial charge is 0.387 e. The van der Waals surface area contributed by atoms with Crippen LogP contribution in [0.4, 0.5) is 0 Å². The summed E-state index contributed by atoms with van der Waals surface area (Å²) in [6.07, 6.45) is 2.65. The maximum absolute atomic E-state index is 7.47. The van der Waals surface area contributed by atoms with E-state index in [0.29, 0.717) is 0 Å². The highest BCUT2D eigenvalue weighted by Crippen LogP contribution is 2.29. The quantitative estimate of drug-likeness (QED) is 0.498. The number of nitrogens with one attached hydrogen (secondary N) is 1.